The molecule has 8 N–H and O–H groups in total. The van der Waals surface area contributed by atoms with Crippen molar-refractivity contribution >= 4 is 40.5 Å². The third kappa shape index (κ3) is 10.3. The predicted octanol–water partition coefficient (Wildman–Crippen LogP) is 2.34. The van der Waals surface area contributed by atoms with E-state index in [9.17, 15) is 34.2 Å². The van der Waals surface area contributed by atoms with E-state index in [2.05, 4.69) is 26.3 Å². The van der Waals surface area contributed by atoms with E-state index < -0.39 is 65.6 Å². The minimum absolute atomic E-state index is 0.0302. The molecule has 0 radical (unpaired) electrons. The van der Waals surface area contributed by atoms with Crippen LogP contribution in [0.5, 0.6) is 0 Å². The Balaban J connectivity index is 1.42. The number of rotatable bonds is 16. The van der Waals surface area contributed by atoms with Crippen LogP contribution in [0.3, 0.4) is 0 Å². The number of nitrogens with two attached hydrogens (primary N) is 1. The number of carboxylic acid groups (broad SMARTS) is 1. The Labute approximate surface area is 313 Å². The molecule has 2 heterocycles. The number of hydrogen-bond acceptors (Lipinski definition) is 9. The highest BCUT2D eigenvalue weighted by Gasteiger charge is 2.45. The predicted molar refractivity (Wildman–Crippen MR) is 198 cm³/mol. The summed E-state index contributed by atoms with van der Waals surface area (Å²) in [6, 6.07) is 9.30. The van der Waals surface area contributed by atoms with Crippen LogP contribution in [-0.2, 0) is 20.0 Å². The van der Waals surface area contributed by atoms with Crippen LogP contribution in [-0.4, -0.2) is 102 Å². The summed E-state index contributed by atoms with van der Waals surface area (Å²) >= 11 is 0. The summed E-state index contributed by atoms with van der Waals surface area (Å²) in [4.78, 5) is 67.1. The van der Waals surface area contributed by atoms with E-state index in [1.807, 2.05) is 30.3 Å². The van der Waals surface area contributed by atoms with E-state index in [4.69, 9.17) is 10.8 Å². The molecule has 5 atom stereocenters. The van der Waals surface area contributed by atoms with Gasteiger partial charge in [-0.05, 0) is 68.4 Å². The van der Waals surface area contributed by atoms with Crippen molar-refractivity contribution in [2.45, 2.75) is 114 Å². The molecule has 16 nitrogen and oxygen atoms in total. The van der Waals surface area contributed by atoms with Crippen LogP contribution in [0.1, 0.15) is 100 Å². The molecular formula is C38H52N8O8. The largest absolute Gasteiger partial charge is 0.465 e. The third-order valence-corrected chi connectivity index (χ3v) is 10.5. The number of primary amides is 1. The molecule has 0 bridgehead atoms. The second-order valence-electron chi connectivity index (χ2n) is 15.1. The molecule has 54 heavy (non-hydrogen) atoms. The van der Waals surface area contributed by atoms with Gasteiger partial charge >= 0.3 is 6.09 Å². The average Bonchev–Trinajstić information content (AvgIpc) is 3.82. The zero-order chi connectivity index (χ0) is 39.0. The number of likely N-dealkylation sites (tertiary alicyclic amines) is 1. The fourth-order valence-corrected chi connectivity index (χ4v) is 7.45. The molecule has 5 amide bonds. The van der Waals surface area contributed by atoms with Gasteiger partial charge < -0.3 is 41.9 Å². The molecule has 292 valence electrons. The van der Waals surface area contributed by atoms with Gasteiger partial charge in [0.1, 0.15) is 23.4 Å². The van der Waals surface area contributed by atoms with E-state index >= 15 is 0 Å². The molecule has 0 spiro atoms. The normalized spacial score (nSPS) is 19.5. The Kier molecular flexibility index (Phi) is 13.2. The van der Waals surface area contributed by atoms with E-state index in [1.54, 1.807) is 32.2 Å². The Hall–Kier alpha value is -5.09. The van der Waals surface area contributed by atoms with Gasteiger partial charge in [-0.2, -0.15) is 0 Å². The summed E-state index contributed by atoms with van der Waals surface area (Å²) in [7, 11) is 0. The van der Waals surface area contributed by atoms with Crippen molar-refractivity contribution < 1.29 is 39.3 Å². The minimum Gasteiger partial charge on any atom is -0.465 e. The van der Waals surface area contributed by atoms with Crippen molar-refractivity contribution in [2.24, 2.45) is 11.7 Å². The number of aromatic nitrogens is 3. The summed E-state index contributed by atoms with van der Waals surface area (Å²) in [6.45, 7) is 3.30. The van der Waals surface area contributed by atoms with Gasteiger partial charge in [0.15, 0.2) is 6.10 Å². The van der Waals surface area contributed by atoms with Gasteiger partial charge in [0.25, 0.3) is 5.91 Å². The summed E-state index contributed by atoms with van der Waals surface area (Å²) in [5.74, 6) is -2.37. The lowest BCUT2D eigenvalue weighted by Gasteiger charge is -2.32. The molecule has 1 saturated heterocycles. The van der Waals surface area contributed by atoms with Gasteiger partial charge in [-0.15, -0.1) is 5.10 Å². The molecule has 2 fully saturated rings. The van der Waals surface area contributed by atoms with Crippen LogP contribution in [0.25, 0.3) is 10.8 Å². The maximum Gasteiger partial charge on any atom is 0.404 e. The minimum atomic E-state index is -1.74. The molecule has 1 aliphatic carbocycles. The summed E-state index contributed by atoms with van der Waals surface area (Å²) in [5, 5.41) is 48.2. The smallest absolute Gasteiger partial charge is 0.404 e. The van der Waals surface area contributed by atoms with Crippen molar-refractivity contribution in [3.63, 3.8) is 0 Å². The first kappa shape index (κ1) is 40.1. The fourth-order valence-electron chi connectivity index (χ4n) is 7.45. The number of nitrogens with zero attached hydrogens (tertiary/aromatic N) is 4. The van der Waals surface area contributed by atoms with Gasteiger partial charge in [0.2, 0.25) is 17.7 Å². The topological polar surface area (TPSA) is 242 Å². The number of fused-ring (bicyclic) bond motifs is 1. The lowest BCUT2D eigenvalue weighted by Crippen LogP contribution is -2.57. The molecule has 1 aliphatic heterocycles. The summed E-state index contributed by atoms with van der Waals surface area (Å²) in [6.07, 6.45) is 4.89. The van der Waals surface area contributed by atoms with E-state index in [0.29, 0.717) is 30.5 Å². The van der Waals surface area contributed by atoms with Crippen molar-refractivity contribution in [1.82, 2.24) is 35.8 Å². The Morgan fingerprint density at radius 2 is 1.72 bits per heavy atom. The quantitative estimate of drug-likeness (QED) is 0.106. The summed E-state index contributed by atoms with van der Waals surface area (Å²) in [5.41, 5.74) is 4.83. The van der Waals surface area contributed by atoms with Crippen molar-refractivity contribution in [1.29, 1.82) is 0 Å². The molecule has 3 aromatic rings. The van der Waals surface area contributed by atoms with Gasteiger partial charge in [-0.25, -0.2) is 9.48 Å². The van der Waals surface area contributed by atoms with Crippen molar-refractivity contribution in [2.75, 3.05) is 13.1 Å². The number of benzene rings is 2. The van der Waals surface area contributed by atoms with Gasteiger partial charge in [0, 0.05) is 25.1 Å². The summed E-state index contributed by atoms with van der Waals surface area (Å²) < 4.78 is 1.51. The SMILES string of the molecule is CC(C)(O)c1cn([C@H]2C[C@@H](C(=O)NC(CCCCNC(=O)O)C(O)C(N)=O)N(C(=O)C(CC3CCCCC3)NC(=O)c3ccc4ccccc4c3)C2)nn1. The van der Waals surface area contributed by atoms with E-state index in [-0.39, 0.29) is 31.8 Å². The Morgan fingerprint density at radius 1 is 1.00 bits per heavy atom. The number of carbonyl (C=O) groups excluding carboxylic acids is 4. The van der Waals surface area contributed by atoms with Crippen LogP contribution in [0.15, 0.2) is 48.7 Å². The first-order valence-corrected chi connectivity index (χ1v) is 18.7. The van der Waals surface area contributed by atoms with Gasteiger partial charge in [-0.3, -0.25) is 19.2 Å². The molecule has 1 aromatic heterocycles. The number of carbonyl (C=O) groups is 5. The van der Waals surface area contributed by atoms with E-state index in [0.717, 1.165) is 42.9 Å². The number of aliphatic hydroxyl groups is 2. The maximum atomic E-state index is 14.7. The third-order valence-electron chi connectivity index (χ3n) is 10.5. The number of unbranched alkanes of at least 4 members (excludes halogenated alkanes) is 1. The monoisotopic (exact) mass is 748 g/mol. The number of hydrogen-bond donors (Lipinski definition) is 7. The second kappa shape index (κ2) is 17.8. The maximum absolute atomic E-state index is 14.7. The van der Waals surface area contributed by atoms with Crippen LogP contribution in [0, 0.1) is 5.92 Å². The zero-order valence-electron chi connectivity index (χ0n) is 30.8. The molecule has 5 rings (SSSR count). The Bertz CT molecular complexity index is 1800. The lowest BCUT2D eigenvalue weighted by molar-refractivity contribution is -0.141. The lowest BCUT2D eigenvalue weighted by atomic mass is 9.84. The molecule has 16 heteroatoms. The first-order chi connectivity index (χ1) is 25.7. The fraction of sp³-hybridized carbons (Fsp3) is 0.553. The van der Waals surface area contributed by atoms with Crippen molar-refractivity contribution in [3.8, 4) is 0 Å². The number of aliphatic hydroxyl groups excluding tert-OH is 1. The highest BCUT2D eigenvalue weighted by Crippen LogP contribution is 2.32. The van der Waals surface area contributed by atoms with Gasteiger partial charge in [0.05, 0.1) is 18.3 Å². The van der Waals surface area contributed by atoms with Crippen LogP contribution < -0.4 is 21.7 Å². The van der Waals surface area contributed by atoms with Crippen LogP contribution >= 0.6 is 0 Å². The highest BCUT2D eigenvalue weighted by atomic mass is 16.4. The van der Waals surface area contributed by atoms with Gasteiger partial charge in [-0.1, -0.05) is 67.6 Å². The molecular weight excluding hydrogens is 696 g/mol. The van der Waals surface area contributed by atoms with E-state index in [1.165, 1.54) is 9.58 Å². The number of amides is 5. The standard InChI is InChI=1S/C38H52N8O8/c1-38(2,54)31-22-46(44-43-31)27-20-30(35(50)41-28(32(47)33(39)48)14-8-9-17-40-37(52)53)45(21-27)36(51)29(18-23-10-4-3-5-11-23)42-34(49)26-16-15-24-12-6-7-13-25(24)19-26/h6-7,12-13,15-16,19,22-23,27-30,32,40,47,54H,3-5,8-11,14,17-18,20-21H2,1-2H3,(H2,39,48)(H,41,50)(H,42,49)(H,52,53)/t27-,28?,29?,30-,32?/m0/s1. The molecule has 1 saturated carbocycles. The molecule has 2 aliphatic rings. The first-order valence-electron chi connectivity index (χ1n) is 18.7. The second-order valence-corrected chi connectivity index (χ2v) is 15.1. The molecule has 3 unspecified atom stereocenters. The van der Waals surface area contributed by atoms with Crippen molar-refractivity contribution in [3.05, 3.63) is 59.9 Å². The van der Waals surface area contributed by atoms with Crippen LogP contribution in [0.4, 0.5) is 4.79 Å². The Morgan fingerprint density at radius 3 is 2.39 bits per heavy atom. The average molecular weight is 749 g/mol. The zero-order valence-corrected chi connectivity index (χ0v) is 30.8. The molecule has 2 aromatic carbocycles. The highest BCUT2D eigenvalue weighted by molar-refractivity contribution is 6.01. The number of nitrogens with one attached hydrogen (secondary N) is 3. The van der Waals surface area contributed by atoms with Crippen LogP contribution in [0.2, 0.25) is 0 Å².